The molecular formula is C29H47N5O2. The normalized spacial score (nSPS) is 18.2. The lowest BCUT2D eigenvalue weighted by Gasteiger charge is -2.35. The van der Waals surface area contributed by atoms with Crippen molar-refractivity contribution in [2.24, 2.45) is 10.9 Å². The van der Waals surface area contributed by atoms with Crippen LogP contribution in [0.25, 0.3) is 0 Å². The standard InChI is InChI=1S/C21H29N5O.C5H10O.C3H8/c1-6-25-11-13-26(14-12-25)21-20(16(3)22-17(4)24-21)23-15(2)18-9-7-8-10-19(18)27-5;1-5-2-3-6-4-5;1-3-2/h7-10H,6,11-14H2,1-5H3;5H,2-4H2,1H3;3H2,1-2H3. The Balaban J connectivity index is 0.000000430. The molecule has 7 heteroatoms. The van der Waals surface area contributed by atoms with Crippen LogP contribution >= 0.6 is 0 Å². The summed E-state index contributed by atoms with van der Waals surface area (Å²) in [6, 6.07) is 7.95. The van der Waals surface area contributed by atoms with Gasteiger partial charge in [-0.15, -0.1) is 0 Å². The molecule has 0 spiro atoms. The monoisotopic (exact) mass is 497 g/mol. The van der Waals surface area contributed by atoms with Crippen LogP contribution in [0.5, 0.6) is 5.75 Å². The summed E-state index contributed by atoms with van der Waals surface area (Å²) in [5.74, 6) is 3.37. The van der Waals surface area contributed by atoms with E-state index in [-0.39, 0.29) is 0 Å². The zero-order valence-electron chi connectivity index (χ0n) is 23.8. The van der Waals surface area contributed by atoms with Crippen LogP contribution < -0.4 is 9.64 Å². The van der Waals surface area contributed by atoms with Gasteiger partial charge in [-0.25, -0.2) is 15.0 Å². The molecule has 2 aromatic rings. The number of benzene rings is 1. The molecule has 1 aromatic carbocycles. The van der Waals surface area contributed by atoms with Crippen molar-refractivity contribution in [3.05, 3.63) is 41.3 Å². The summed E-state index contributed by atoms with van der Waals surface area (Å²) in [6.07, 6.45) is 2.51. The van der Waals surface area contributed by atoms with Gasteiger partial charge in [0.05, 0.1) is 12.8 Å². The quantitative estimate of drug-likeness (QED) is 0.483. The Morgan fingerprint density at radius 1 is 1.08 bits per heavy atom. The van der Waals surface area contributed by atoms with Gasteiger partial charge in [0.1, 0.15) is 17.3 Å². The molecule has 3 heterocycles. The molecule has 4 rings (SSSR count). The second-order valence-electron chi connectivity index (χ2n) is 9.52. The number of aromatic nitrogens is 2. The highest BCUT2D eigenvalue weighted by Gasteiger charge is 2.22. The number of methoxy groups -OCH3 is 1. The van der Waals surface area contributed by atoms with Gasteiger partial charge in [-0.3, -0.25) is 0 Å². The van der Waals surface area contributed by atoms with Gasteiger partial charge in [-0.2, -0.15) is 0 Å². The average Bonchev–Trinajstić information content (AvgIpc) is 3.37. The predicted octanol–water partition coefficient (Wildman–Crippen LogP) is 5.84. The van der Waals surface area contributed by atoms with Crippen LogP contribution in [0.2, 0.25) is 0 Å². The Morgan fingerprint density at radius 3 is 2.28 bits per heavy atom. The number of anilines is 1. The predicted molar refractivity (Wildman–Crippen MR) is 151 cm³/mol. The fourth-order valence-electron chi connectivity index (χ4n) is 4.14. The van der Waals surface area contributed by atoms with Crippen LogP contribution in [0.1, 0.15) is 64.5 Å². The molecule has 0 saturated carbocycles. The Bertz CT molecular complexity index is 949. The number of hydrogen-bond donors (Lipinski definition) is 0. The van der Waals surface area contributed by atoms with Crippen LogP contribution in [0, 0.1) is 19.8 Å². The van der Waals surface area contributed by atoms with Crippen LogP contribution in [0.15, 0.2) is 29.3 Å². The molecule has 0 bridgehead atoms. The maximum atomic E-state index is 5.50. The molecule has 36 heavy (non-hydrogen) atoms. The molecule has 2 aliphatic rings. The van der Waals surface area contributed by atoms with Crippen molar-refractivity contribution in [1.29, 1.82) is 0 Å². The molecule has 1 atom stereocenters. The van der Waals surface area contributed by atoms with Gasteiger partial charge in [0.25, 0.3) is 0 Å². The van der Waals surface area contributed by atoms with E-state index >= 15 is 0 Å². The summed E-state index contributed by atoms with van der Waals surface area (Å²) in [4.78, 5) is 19.1. The lowest BCUT2D eigenvalue weighted by molar-refractivity contribution is 0.188. The second kappa shape index (κ2) is 15.6. The fraction of sp³-hybridized carbons (Fsp3) is 0.621. The van der Waals surface area contributed by atoms with E-state index in [4.69, 9.17) is 19.5 Å². The Hall–Kier alpha value is -2.51. The molecule has 0 radical (unpaired) electrons. The number of para-hydroxylation sites is 1. The first-order chi connectivity index (χ1) is 17.3. The van der Waals surface area contributed by atoms with Crippen molar-refractivity contribution in [3.63, 3.8) is 0 Å². The zero-order valence-corrected chi connectivity index (χ0v) is 23.8. The Kier molecular flexibility index (Phi) is 12.9. The highest BCUT2D eigenvalue weighted by molar-refractivity contribution is 6.03. The average molecular weight is 498 g/mol. The summed E-state index contributed by atoms with van der Waals surface area (Å²) in [6.45, 7) is 21.7. The third-order valence-electron chi connectivity index (χ3n) is 6.20. The third-order valence-corrected chi connectivity index (χ3v) is 6.20. The van der Waals surface area contributed by atoms with Crippen molar-refractivity contribution >= 4 is 17.2 Å². The Labute approximate surface area is 219 Å². The largest absolute Gasteiger partial charge is 0.496 e. The Morgan fingerprint density at radius 2 is 1.75 bits per heavy atom. The second-order valence-corrected chi connectivity index (χ2v) is 9.52. The summed E-state index contributed by atoms with van der Waals surface area (Å²) in [5.41, 5.74) is 3.65. The minimum Gasteiger partial charge on any atom is -0.496 e. The summed E-state index contributed by atoms with van der Waals surface area (Å²) >= 11 is 0. The minimum atomic E-state index is 0.786. The van der Waals surface area contributed by atoms with Gasteiger partial charge >= 0.3 is 0 Å². The van der Waals surface area contributed by atoms with Gasteiger partial charge < -0.3 is 19.3 Å². The van der Waals surface area contributed by atoms with E-state index in [1.54, 1.807) is 7.11 Å². The minimum absolute atomic E-state index is 0.786. The number of ether oxygens (including phenoxy) is 2. The molecule has 0 N–H and O–H groups in total. The first-order valence-corrected chi connectivity index (χ1v) is 13.4. The lowest BCUT2D eigenvalue weighted by Crippen LogP contribution is -2.46. The van der Waals surface area contributed by atoms with Crippen LogP contribution in [-0.4, -0.2) is 73.6 Å². The summed E-state index contributed by atoms with van der Waals surface area (Å²) in [5, 5.41) is 0. The molecule has 1 unspecified atom stereocenters. The third kappa shape index (κ3) is 8.86. The first-order valence-electron chi connectivity index (χ1n) is 13.4. The first kappa shape index (κ1) is 29.7. The van der Waals surface area contributed by atoms with Crippen molar-refractivity contribution in [3.8, 4) is 5.75 Å². The molecule has 2 saturated heterocycles. The zero-order chi connectivity index (χ0) is 26.5. The highest BCUT2D eigenvalue weighted by atomic mass is 16.5. The maximum absolute atomic E-state index is 5.50. The van der Waals surface area contributed by atoms with E-state index in [1.165, 1.54) is 12.8 Å². The lowest BCUT2D eigenvalue weighted by atomic mass is 10.1. The van der Waals surface area contributed by atoms with Crippen LogP contribution in [-0.2, 0) is 4.74 Å². The molecule has 200 valence electrons. The fourth-order valence-corrected chi connectivity index (χ4v) is 4.14. The smallest absolute Gasteiger partial charge is 0.158 e. The number of nitrogens with zero attached hydrogens (tertiary/aromatic N) is 5. The van der Waals surface area contributed by atoms with E-state index in [1.807, 2.05) is 45.0 Å². The van der Waals surface area contributed by atoms with Gasteiger partial charge in [0.2, 0.25) is 0 Å². The van der Waals surface area contributed by atoms with E-state index < -0.39 is 0 Å². The van der Waals surface area contributed by atoms with Gasteiger partial charge in [-0.05, 0) is 51.8 Å². The molecule has 7 nitrogen and oxygen atoms in total. The van der Waals surface area contributed by atoms with Crippen molar-refractivity contribution in [1.82, 2.24) is 14.9 Å². The van der Waals surface area contributed by atoms with Crippen molar-refractivity contribution < 1.29 is 9.47 Å². The van der Waals surface area contributed by atoms with Crippen LogP contribution in [0.3, 0.4) is 0 Å². The van der Waals surface area contributed by atoms with Gasteiger partial charge in [0.15, 0.2) is 5.82 Å². The number of hydrogen-bond acceptors (Lipinski definition) is 7. The van der Waals surface area contributed by atoms with E-state index in [0.29, 0.717) is 0 Å². The number of rotatable bonds is 5. The van der Waals surface area contributed by atoms with E-state index in [2.05, 4.69) is 42.5 Å². The summed E-state index contributed by atoms with van der Waals surface area (Å²) in [7, 11) is 1.69. The molecule has 2 fully saturated rings. The molecule has 1 aromatic heterocycles. The number of aliphatic imine (C=N–C) groups is 1. The van der Waals surface area contributed by atoms with Crippen molar-refractivity contribution in [2.45, 2.75) is 61.3 Å². The molecule has 0 aliphatic carbocycles. The topological polar surface area (TPSA) is 63.1 Å². The SMILES string of the molecule is CC1CCOC1.CCC.CCN1CCN(c2nc(C)nc(C)c2N=C(C)c2ccccc2OC)CC1. The van der Waals surface area contributed by atoms with Crippen molar-refractivity contribution in [2.75, 3.05) is 57.9 Å². The highest BCUT2D eigenvalue weighted by Crippen LogP contribution is 2.32. The summed E-state index contributed by atoms with van der Waals surface area (Å²) < 4.78 is 10.6. The number of piperazine rings is 1. The van der Waals surface area contributed by atoms with E-state index in [0.717, 1.165) is 91.9 Å². The number of likely N-dealkylation sites (N-methyl/N-ethyl adjacent to an activating group) is 1. The van der Waals surface area contributed by atoms with Gasteiger partial charge in [0, 0.05) is 50.7 Å². The number of aryl methyl sites for hydroxylation is 2. The van der Waals surface area contributed by atoms with E-state index in [9.17, 15) is 0 Å². The molecule has 0 amide bonds. The van der Waals surface area contributed by atoms with Crippen LogP contribution in [0.4, 0.5) is 11.5 Å². The molecule has 2 aliphatic heterocycles. The maximum Gasteiger partial charge on any atom is 0.158 e. The molecular weight excluding hydrogens is 450 g/mol. The van der Waals surface area contributed by atoms with Gasteiger partial charge in [-0.1, -0.05) is 46.2 Å².